The Balaban J connectivity index is 1.95. The Hall–Kier alpha value is -2.58. The highest BCUT2D eigenvalue weighted by atomic mass is 19.4. The van der Waals surface area contributed by atoms with E-state index < -0.39 is 23.5 Å². The number of halogens is 5. The molecule has 1 aromatic carbocycles. The van der Waals surface area contributed by atoms with Crippen LogP contribution in [0.1, 0.15) is 24.6 Å². The first-order valence-electron chi connectivity index (χ1n) is 7.12. The number of nitrogens with zero attached hydrogens (tertiary/aromatic N) is 4. The maximum Gasteiger partial charge on any atom is 0.435 e. The summed E-state index contributed by atoms with van der Waals surface area (Å²) in [6, 6.07) is 2.78. The summed E-state index contributed by atoms with van der Waals surface area (Å²) in [5.74, 6) is -1.89. The van der Waals surface area contributed by atoms with E-state index in [1.165, 1.54) is 0 Å². The van der Waals surface area contributed by atoms with E-state index in [9.17, 15) is 22.0 Å². The largest absolute Gasteiger partial charge is 0.435 e. The Morgan fingerprint density at radius 1 is 1.04 bits per heavy atom. The molecule has 1 aliphatic rings. The zero-order chi connectivity index (χ0) is 17.1. The van der Waals surface area contributed by atoms with Crippen molar-refractivity contribution in [2.75, 3.05) is 0 Å². The third-order valence-electron chi connectivity index (χ3n) is 3.85. The Morgan fingerprint density at radius 2 is 1.75 bits per heavy atom. The van der Waals surface area contributed by atoms with Crippen LogP contribution in [0.15, 0.2) is 24.4 Å². The lowest BCUT2D eigenvalue weighted by atomic mass is 10.2. The second-order valence-corrected chi connectivity index (χ2v) is 5.62. The maximum absolute atomic E-state index is 13.6. The third-order valence-corrected chi connectivity index (χ3v) is 3.85. The van der Waals surface area contributed by atoms with Crippen molar-refractivity contribution in [1.29, 1.82) is 0 Å². The van der Waals surface area contributed by atoms with Crippen LogP contribution in [0.5, 0.6) is 0 Å². The fourth-order valence-electron chi connectivity index (χ4n) is 2.62. The van der Waals surface area contributed by atoms with Gasteiger partial charge in [-0.15, -0.1) is 5.10 Å². The molecule has 3 aromatic rings. The van der Waals surface area contributed by atoms with E-state index in [0.717, 1.165) is 37.2 Å². The fourth-order valence-corrected chi connectivity index (χ4v) is 2.62. The molecule has 4 nitrogen and oxygen atoms in total. The van der Waals surface area contributed by atoms with Crippen LogP contribution in [0.3, 0.4) is 0 Å². The van der Waals surface area contributed by atoms with Gasteiger partial charge in [0.15, 0.2) is 17.3 Å². The van der Waals surface area contributed by atoms with E-state index in [4.69, 9.17) is 0 Å². The van der Waals surface area contributed by atoms with Crippen molar-refractivity contribution in [1.82, 2.24) is 19.7 Å². The van der Waals surface area contributed by atoms with Crippen molar-refractivity contribution in [3.63, 3.8) is 0 Å². The number of hydrogen-bond acceptors (Lipinski definition) is 3. The van der Waals surface area contributed by atoms with Gasteiger partial charge in [-0.25, -0.2) is 13.8 Å². The Kier molecular flexibility index (Phi) is 3.09. The predicted molar refractivity (Wildman–Crippen MR) is 73.9 cm³/mol. The van der Waals surface area contributed by atoms with E-state index in [0.29, 0.717) is 5.52 Å². The molecule has 2 heterocycles. The Bertz CT molecular complexity index is 943. The van der Waals surface area contributed by atoms with Crippen LogP contribution in [-0.2, 0) is 6.18 Å². The molecule has 4 rings (SSSR count). The molecule has 0 bridgehead atoms. The van der Waals surface area contributed by atoms with E-state index in [-0.39, 0.29) is 22.9 Å². The molecule has 0 aliphatic heterocycles. The normalized spacial score (nSPS) is 15.2. The van der Waals surface area contributed by atoms with Gasteiger partial charge in [0.05, 0.1) is 17.2 Å². The van der Waals surface area contributed by atoms with Gasteiger partial charge in [0.1, 0.15) is 5.82 Å². The monoisotopic (exact) mass is 340 g/mol. The van der Waals surface area contributed by atoms with Gasteiger partial charge >= 0.3 is 6.18 Å². The highest BCUT2D eigenvalue weighted by molar-refractivity contribution is 5.81. The number of rotatable bonds is 2. The molecule has 24 heavy (non-hydrogen) atoms. The van der Waals surface area contributed by atoms with Gasteiger partial charge in [0, 0.05) is 23.7 Å². The number of alkyl halides is 3. The average Bonchev–Trinajstić information content (AvgIpc) is 3.30. The second-order valence-electron chi connectivity index (χ2n) is 5.62. The van der Waals surface area contributed by atoms with Gasteiger partial charge in [0.25, 0.3) is 0 Å². The van der Waals surface area contributed by atoms with E-state index in [2.05, 4.69) is 15.2 Å². The smallest absolute Gasteiger partial charge is 0.321 e. The van der Waals surface area contributed by atoms with Crippen LogP contribution < -0.4 is 0 Å². The molecule has 1 aliphatic carbocycles. The quantitative estimate of drug-likeness (QED) is 0.659. The van der Waals surface area contributed by atoms with Crippen LogP contribution in [0.4, 0.5) is 22.0 Å². The van der Waals surface area contributed by atoms with Crippen LogP contribution in [0.25, 0.3) is 22.4 Å². The third kappa shape index (κ3) is 2.40. The zero-order valence-corrected chi connectivity index (χ0v) is 12.0. The summed E-state index contributed by atoms with van der Waals surface area (Å²) in [6.45, 7) is 0. The van der Waals surface area contributed by atoms with E-state index in [1.54, 1.807) is 4.57 Å². The summed E-state index contributed by atoms with van der Waals surface area (Å²) < 4.78 is 67.1. The van der Waals surface area contributed by atoms with Crippen LogP contribution in [-0.4, -0.2) is 19.7 Å². The van der Waals surface area contributed by atoms with Gasteiger partial charge < -0.3 is 4.57 Å². The minimum Gasteiger partial charge on any atom is -0.321 e. The highest BCUT2D eigenvalue weighted by Gasteiger charge is 2.35. The maximum atomic E-state index is 13.6. The molecule has 1 saturated carbocycles. The summed E-state index contributed by atoms with van der Waals surface area (Å²) in [5, 5.41) is 6.46. The van der Waals surface area contributed by atoms with Gasteiger partial charge in [-0.3, -0.25) is 0 Å². The minimum atomic E-state index is -4.64. The molecule has 1 fully saturated rings. The molecular formula is C15H9F5N4. The van der Waals surface area contributed by atoms with E-state index >= 15 is 0 Å². The summed E-state index contributed by atoms with van der Waals surface area (Å²) in [6.07, 6.45) is -1.90. The van der Waals surface area contributed by atoms with Gasteiger partial charge in [-0.2, -0.15) is 18.3 Å². The molecular weight excluding hydrogens is 331 g/mol. The SMILES string of the molecule is Fc1cc2nc(-c3cnnc(C(F)(F)F)c3)n(C3CC3)c2cc1F. The lowest BCUT2D eigenvalue weighted by Crippen LogP contribution is -2.09. The second kappa shape index (κ2) is 4.96. The Labute approximate surface area is 131 Å². The molecule has 9 heteroatoms. The molecule has 0 amide bonds. The van der Waals surface area contributed by atoms with Gasteiger partial charge in [-0.05, 0) is 18.9 Å². The molecule has 124 valence electrons. The predicted octanol–water partition coefficient (Wildman–Crippen LogP) is 4.13. The van der Waals surface area contributed by atoms with Crippen molar-refractivity contribution in [2.45, 2.75) is 25.1 Å². The molecule has 0 atom stereocenters. The standard InChI is InChI=1S/C15H9F5N4/c16-9-4-11-12(5-10(9)17)24(8-1-2-8)14(22-11)7-3-13(15(18,19)20)23-21-6-7/h3-6,8H,1-2H2. The molecule has 0 radical (unpaired) electrons. The van der Waals surface area contributed by atoms with Crippen molar-refractivity contribution >= 4 is 11.0 Å². The molecule has 0 saturated heterocycles. The Morgan fingerprint density at radius 3 is 2.42 bits per heavy atom. The summed E-state index contributed by atoms with van der Waals surface area (Å²) >= 11 is 0. The molecule has 0 spiro atoms. The first kappa shape index (κ1) is 15.0. The topological polar surface area (TPSA) is 43.6 Å². The van der Waals surface area contributed by atoms with Crippen LogP contribution >= 0.6 is 0 Å². The number of fused-ring (bicyclic) bond motifs is 1. The lowest BCUT2D eigenvalue weighted by Gasteiger charge is -2.09. The summed E-state index contributed by atoms with van der Waals surface area (Å²) in [4.78, 5) is 4.19. The molecule has 0 unspecified atom stereocenters. The van der Waals surface area contributed by atoms with Crippen molar-refractivity contribution in [3.8, 4) is 11.4 Å². The number of hydrogen-bond donors (Lipinski definition) is 0. The van der Waals surface area contributed by atoms with Crippen LogP contribution in [0, 0.1) is 11.6 Å². The summed E-state index contributed by atoms with van der Waals surface area (Å²) in [7, 11) is 0. The first-order chi connectivity index (χ1) is 11.3. The van der Waals surface area contributed by atoms with Crippen LogP contribution in [0.2, 0.25) is 0 Å². The van der Waals surface area contributed by atoms with Gasteiger partial charge in [-0.1, -0.05) is 0 Å². The van der Waals surface area contributed by atoms with Gasteiger partial charge in [0.2, 0.25) is 0 Å². The average molecular weight is 340 g/mol. The van der Waals surface area contributed by atoms with E-state index in [1.807, 2.05) is 0 Å². The highest BCUT2D eigenvalue weighted by Crippen LogP contribution is 2.42. The number of aromatic nitrogens is 4. The lowest BCUT2D eigenvalue weighted by molar-refractivity contribution is -0.141. The molecule has 0 N–H and O–H groups in total. The van der Waals surface area contributed by atoms with Crippen molar-refractivity contribution < 1.29 is 22.0 Å². The minimum absolute atomic E-state index is 0.00244. The number of benzene rings is 1. The molecule has 2 aromatic heterocycles. The first-order valence-corrected chi connectivity index (χ1v) is 7.12. The van der Waals surface area contributed by atoms with Crippen molar-refractivity contribution in [2.24, 2.45) is 0 Å². The number of imidazole rings is 1. The summed E-state index contributed by atoms with van der Waals surface area (Å²) in [5.41, 5.74) is -0.522. The fraction of sp³-hybridized carbons (Fsp3) is 0.267. The zero-order valence-electron chi connectivity index (χ0n) is 12.0. The van der Waals surface area contributed by atoms with Crippen molar-refractivity contribution in [3.05, 3.63) is 41.7 Å².